The van der Waals surface area contributed by atoms with E-state index in [0.29, 0.717) is 30.0 Å². The monoisotopic (exact) mass is 414 g/mol. The van der Waals surface area contributed by atoms with Gasteiger partial charge < -0.3 is 15.7 Å². The van der Waals surface area contributed by atoms with Gasteiger partial charge in [-0.15, -0.1) is 0 Å². The number of carbonyl (C=O) groups is 1. The van der Waals surface area contributed by atoms with Crippen molar-refractivity contribution in [2.24, 2.45) is 11.3 Å². The molecule has 0 aliphatic carbocycles. The smallest absolute Gasteiger partial charge is 0.335 e. The molecule has 1 aliphatic heterocycles. The number of carboxylic acids is 1. The summed E-state index contributed by atoms with van der Waals surface area (Å²) in [5.74, 6) is -0.0487. The quantitative estimate of drug-likeness (QED) is 0.600. The van der Waals surface area contributed by atoms with Crippen LogP contribution in [0.3, 0.4) is 0 Å². The van der Waals surface area contributed by atoms with Gasteiger partial charge in [-0.3, -0.25) is 0 Å². The Hall–Kier alpha value is -1.88. The highest BCUT2D eigenvalue weighted by molar-refractivity contribution is 6.30. The number of hydrogen-bond acceptors (Lipinski definition) is 3. The first-order chi connectivity index (χ1) is 13.7. The van der Waals surface area contributed by atoms with Gasteiger partial charge >= 0.3 is 5.97 Å². The van der Waals surface area contributed by atoms with E-state index in [4.69, 9.17) is 11.6 Å². The van der Waals surface area contributed by atoms with E-state index in [1.54, 1.807) is 18.2 Å². The Balaban J connectivity index is 1.71. The third kappa shape index (κ3) is 6.05. The van der Waals surface area contributed by atoms with Crippen molar-refractivity contribution in [2.75, 3.05) is 13.1 Å². The Kier molecular flexibility index (Phi) is 6.99. The third-order valence-electron chi connectivity index (χ3n) is 5.63. The van der Waals surface area contributed by atoms with E-state index in [1.165, 1.54) is 5.56 Å². The van der Waals surface area contributed by atoms with Gasteiger partial charge in [0.2, 0.25) is 0 Å². The number of carboxylic acid groups (broad SMARTS) is 1. The molecule has 1 saturated heterocycles. The van der Waals surface area contributed by atoms with Crippen LogP contribution in [-0.4, -0.2) is 30.2 Å². The molecule has 0 aromatic heterocycles. The molecule has 1 fully saturated rings. The van der Waals surface area contributed by atoms with Gasteiger partial charge in [-0.25, -0.2) is 4.79 Å². The number of benzene rings is 2. The Bertz CT molecular complexity index is 847. The van der Waals surface area contributed by atoms with Crippen LogP contribution in [0.2, 0.25) is 5.02 Å². The van der Waals surface area contributed by atoms with E-state index >= 15 is 0 Å². The molecule has 2 aromatic rings. The summed E-state index contributed by atoms with van der Waals surface area (Å²) in [6.07, 6.45) is 1.10. The van der Waals surface area contributed by atoms with Crippen LogP contribution in [0.4, 0.5) is 0 Å². The molecular weight excluding hydrogens is 384 g/mol. The SMILES string of the molecule is CC(C)(C)C[C@@H]1NC[C@H](c2cccc(Cl)c2)[C@@H]1CNCc1cccc(C(=O)O)c1. The Morgan fingerprint density at radius 1 is 1.21 bits per heavy atom. The number of nitrogens with one attached hydrogen (secondary N) is 2. The second kappa shape index (κ2) is 9.29. The molecule has 5 heteroatoms. The molecule has 0 bridgehead atoms. The van der Waals surface area contributed by atoms with Crippen molar-refractivity contribution in [3.63, 3.8) is 0 Å². The van der Waals surface area contributed by atoms with Crippen LogP contribution in [0.1, 0.15) is 54.6 Å². The fourth-order valence-electron chi connectivity index (χ4n) is 4.33. The molecule has 0 saturated carbocycles. The van der Waals surface area contributed by atoms with Gasteiger partial charge in [0.15, 0.2) is 0 Å². The van der Waals surface area contributed by atoms with Gasteiger partial charge in [0, 0.05) is 36.6 Å². The Morgan fingerprint density at radius 2 is 1.97 bits per heavy atom. The molecule has 0 radical (unpaired) electrons. The molecule has 4 nitrogen and oxygen atoms in total. The standard InChI is InChI=1S/C24H31ClN2O2/c1-24(2,3)12-22-21(20(15-27-22)17-7-5-9-19(25)11-17)14-26-13-16-6-4-8-18(10-16)23(28)29/h4-11,20-22,26-27H,12-15H2,1-3H3,(H,28,29)/t20-,21+,22+/m1/s1. The van der Waals surface area contributed by atoms with Crippen LogP contribution in [0.15, 0.2) is 48.5 Å². The molecule has 0 unspecified atom stereocenters. The zero-order valence-corrected chi connectivity index (χ0v) is 18.2. The lowest BCUT2D eigenvalue weighted by atomic mass is 9.79. The summed E-state index contributed by atoms with van der Waals surface area (Å²) in [6.45, 7) is 9.31. The minimum Gasteiger partial charge on any atom is -0.478 e. The van der Waals surface area contributed by atoms with Gasteiger partial charge in [-0.1, -0.05) is 56.6 Å². The molecule has 2 aromatic carbocycles. The maximum Gasteiger partial charge on any atom is 0.335 e. The largest absolute Gasteiger partial charge is 0.478 e. The van der Waals surface area contributed by atoms with Gasteiger partial charge in [0.25, 0.3) is 0 Å². The number of halogens is 1. The molecular formula is C24H31ClN2O2. The maximum absolute atomic E-state index is 11.2. The fraction of sp³-hybridized carbons (Fsp3) is 0.458. The van der Waals surface area contributed by atoms with Crippen LogP contribution >= 0.6 is 11.6 Å². The van der Waals surface area contributed by atoms with E-state index in [2.05, 4.69) is 43.5 Å². The van der Waals surface area contributed by atoms with Gasteiger partial charge in [0.05, 0.1) is 5.56 Å². The molecule has 0 spiro atoms. The molecule has 3 N–H and O–H groups in total. The first kappa shape index (κ1) is 21.8. The van der Waals surface area contributed by atoms with Crippen molar-refractivity contribution in [1.29, 1.82) is 0 Å². The first-order valence-corrected chi connectivity index (χ1v) is 10.6. The van der Waals surface area contributed by atoms with Crippen LogP contribution in [0.25, 0.3) is 0 Å². The summed E-state index contributed by atoms with van der Waals surface area (Å²) < 4.78 is 0. The summed E-state index contributed by atoms with van der Waals surface area (Å²) >= 11 is 6.25. The van der Waals surface area contributed by atoms with Crippen molar-refractivity contribution in [2.45, 2.75) is 45.7 Å². The minimum atomic E-state index is -0.891. The summed E-state index contributed by atoms with van der Waals surface area (Å²) in [4.78, 5) is 11.2. The van der Waals surface area contributed by atoms with Crippen LogP contribution < -0.4 is 10.6 Å². The zero-order valence-electron chi connectivity index (χ0n) is 17.4. The predicted octanol–water partition coefficient (Wildman–Crippen LogP) is 4.94. The van der Waals surface area contributed by atoms with Gasteiger partial charge in [0.1, 0.15) is 0 Å². The van der Waals surface area contributed by atoms with E-state index in [1.807, 2.05) is 18.2 Å². The summed E-state index contributed by atoms with van der Waals surface area (Å²) in [5, 5.41) is 17.3. The normalized spacial score (nSPS) is 22.0. The molecule has 3 rings (SSSR count). The Morgan fingerprint density at radius 3 is 2.66 bits per heavy atom. The van der Waals surface area contributed by atoms with E-state index < -0.39 is 5.97 Å². The molecule has 0 amide bonds. The molecule has 156 valence electrons. The highest BCUT2D eigenvalue weighted by Gasteiger charge is 2.38. The Labute approximate surface area is 178 Å². The second-order valence-electron chi connectivity index (χ2n) is 9.24. The van der Waals surface area contributed by atoms with Crippen molar-refractivity contribution < 1.29 is 9.90 Å². The van der Waals surface area contributed by atoms with Crippen LogP contribution in [0.5, 0.6) is 0 Å². The topological polar surface area (TPSA) is 61.4 Å². The summed E-state index contributed by atoms with van der Waals surface area (Å²) in [5.41, 5.74) is 2.84. The fourth-order valence-corrected chi connectivity index (χ4v) is 4.53. The van der Waals surface area contributed by atoms with E-state index in [0.717, 1.165) is 30.1 Å². The third-order valence-corrected chi connectivity index (χ3v) is 5.86. The number of hydrogen-bond donors (Lipinski definition) is 3. The average molecular weight is 415 g/mol. The van der Waals surface area contributed by atoms with Crippen molar-refractivity contribution in [3.05, 3.63) is 70.2 Å². The van der Waals surface area contributed by atoms with Gasteiger partial charge in [-0.2, -0.15) is 0 Å². The zero-order chi connectivity index (χ0) is 21.0. The lowest BCUT2D eigenvalue weighted by Crippen LogP contribution is -2.37. The van der Waals surface area contributed by atoms with Crippen LogP contribution in [0, 0.1) is 11.3 Å². The van der Waals surface area contributed by atoms with E-state index in [9.17, 15) is 9.90 Å². The first-order valence-electron chi connectivity index (χ1n) is 10.2. The van der Waals surface area contributed by atoms with E-state index in [-0.39, 0.29) is 5.41 Å². The highest BCUT2D eigenvalue weighted by Crippen LogP contribution is 2.37. The van der Waals surface area contributed by atoms with Crippen LogP contribution in [-0.2, 0) is 6.54 Å². The van der Waals surface area contributed by atoms with Crippen molar-refractivity contribution >= 4 is 17.6 Å². The predicted molar refractivity (Wildman–Crippen MR) is 119 cm³/mol. The number of rotatable bonds is 7. The molecule has 29 heavy (non-hydrogen) atoms. The van der Waals surface area contributed by atoms with Crippen molar-refractivity contribution in [1.82, 2.24) is 10.6 Å². The molecule has 1 heterocycles. The maximum atomic E-state index is 11.2. The second-order valence-corrected chi connectivity index (χ2v) is 9.68. The summed E-state index contributed by atoms with van der Waals surface area (Å²) in [7, 11) is 0. The average Bonchev–Trinajstić information content (AvgIpc) is 3.03. The minimum absolute atomic E-state index is 0.245. The van der Waals surface area contributed by atoms with Gasteiger partial charge in [-0.05, 0) is 53.1 Å². The molecule has 3 atom stereocenters. The lowest BCUT2D eigenvalue weighted by Gasteiger charge is -2.30. The van der Waals surface area contributed by atoms with Crippen molar-refractivity contribution in [3.8, 4) is 0 Å². The number of aromatic carboxylic acids is 1. The summed E-state index contributed by atoms with van der Waals surface area (Å²) in [6, 6.07) is 15.8. The lowest BCUT2D eigenvalue weighted by molar-refractivity contribution is 0.0696. The highest BCUT2D eigenvalue weighted by atomic mass is 35.5. The molecule has 1 aliphatic rings.